The summed E-state index contributed by atoms with van der Waals surface area (Å²) in [5, 5.41) is 22.2. The molecule has 0 saturated heterocycles. The summed E-state index contributed by atoms with van der Waals surface area (Å²) in [6, 6.07) is 9.42. The minimum Gasteiger partial charge on any atom is -0.508 e. The van der Waals surface area contributed by atoms with Crippen LogP contribution in [-0.4, -0.2) is 16.2 Å². The SMILES string of the molecule is O=C(O)Cc1ccc(O)cc1Nc1c(Cl)cccc1Cl. The summed E-state index contributed by atoms with van der Waals surface area (Å²) >= 11 is 12.1. The Hall–Kier alpha value is -1.91. The molecule has 0 atom stereocenters. The molecule has 3 N–H and O–H groups in total. The van der Waals surface area contributed by atoms with Gasteiger partial charge in [-0.1, -0.05) is 35.3 Å². The molecule has 0 bridgehead atoms. The molecule has 6 heteroatoms. The molecule has 4 nitrogen and oxygen atoms in total. The van der Waals surface area contributed by atoms with E-state index in [2.05, 4.69) is 5.32 Å². The van der Waals surface area contributed by atoms with Gasteiger partial charge in [0.05, 0.1) is 22.2 Å². The van der Waals surface area contributed by atoms with E-state index < -0.39 is 5.97 Å². The zero-order valence-electron chi connectivity index (χ0n) is 10.2. The monoisotopic (exact) mass is 311 g/mol. The molecule has 0 amide bonds. The fraction of sp³-hybridized carbons (Fsp3) is 0.0714. The third-order valence-corrected chi connectivity index (χ3v) is 3.29. The number of hydrogen-bond donors (Lipinski definition) is 3. The zero-order chi connectivity index (χ0) is 14.7. The lowest BCUT2D eigenvalue weighted by molar-refractivity contribution is -0.136. The van der Waals surface area contributed by atoms with Crippen molar-refractivity contribution in [3.63, 3.8) is 0 Å². The van der Waals surface area contributed by atoms with E-state index in [4.69, 9.17) is 28.3 Å². The van der Waals surface area contributed by atoms with Crippen molar-refractivity contribution in [2.24, 2.45) is 0 Å². The van der Waals surface area contributed by atoms with Crippen molar-refractivity contribution in [1.29, 1.82) is 0 Å². The number of rotatable bonds is 4. The summed E-state index contributed by atoms with van der Waals surface area (Å²) in [6.07, 6.45) is -0.176. The first kappa shape index (κ1) is 14.5. The van der Waals surface area contributed by atoms with E-state index in [1.165, 1.54) is 18.2 Å². The van der Waals surface area contributed by atoms with Crippen molar-refractivity contribution in [2.75, 3.05) is 5.32 Å². The number of aromatic hydroxyl groups is 1. The van der Waals surface area contributed by atoms with E-state index in [9.17, 15) is 9.90 Å². The van der Waals surface area contributed by atoms with Gasteiger partial charge in [0.15, 0.2) is 0 Å². The first-order chi connectivity index (χ1) is 9.47. The number of carbonyl (C=O) groups is 1. The normalized spacial score (nSPS) is 10.3. The van der Waals surface area contributed by atoms with Gasteiger partial charge in [-0.05, 0) is 23.8 Å². The lowest BCUT2D eigenvalue weighted by atomic mass is 10.1. The third kappa shape index (κ3) is 3.35. The van der Waals surface area contributed by atoms with E-state index in [1.807, 2.05) is 0 Å². The number of halogens is 2. The second-order valence-electron chi connectivity index (χ2n) is 4.13. The fourth-order valence-electron chi connectivity index (χ4n) is 1.75. The molecule has 2 aromatic carbocycles. The Morgan fingerprint density at radius 2 is 1.80 bits per heavy atom. The molecule has 0 heterocycles. The van der Waals surface area contributed by atoms with Gasteiger partial charge >= 0.3 is 5.97 Å². The molecular weight excluding hydrogens is 301 g/mol. The molecule has 0 radical (unpaired) electrons. The second-order valence-corrected chi connectivity index (χ2v) is 4.95. The Balaban J connectivity index is 2.42. The van der Waals surface area contributed by atoms with Crippen LogP contribution in [0.25, 0.3) is 0 Å². The highest BCUT2D eigenvalue weighted by Crippen LogP contribution is 2.34. The Kier molecular flexibility index (Phi) is 4.37. The number of carboxylic acid groups (broad SMARTS) is 1. The second kappa shape index (κ2) is 6.03. The lowest BCUT2D eigenvalue weighted by Crippen LogP contribution is -2.04. The standard InChI is InChI=1S/C14H11Cl2NO3/c15-10-2-1-3-11(16)14(10)17-12-7-9(18)5-4-8(12)6-13(19)20/h1-5,7,17-18H,6H2,(H,19,20). The van der Waals surface area contributed by atoms with Crippen LogP contribution in [0.1, 0.15) is 5.56 Å². The summed E-state index contributed by atoms with van der Waals surface area (Å²) in [5.41, 5.74) is 1.43. The molecule has 0 spiro atoms. The number of nitrogens with one attached hydrogen (secondary N) is 1. The van der Waals surface area contributed by atoms with Crippen LogP contribution in [0, 0.1) is 0 Å². The minimum absolute atomic E-state index is 0.0183. The number of anilines is 2. The van der Waals surface area contributed by atoms with Gasteiger partial charge in [0.1, 0.15) is 5.75 Å². The maximum absolute atomic E-state index is 10.8. The van der Waals surface area contributed by atoms with Gasteiger partial charge in [0.25, 0.3) is 0 Å². The van der Waals surface area contributed by atoms with Gasteiger partial charge in [0, 0.05) is 11.8 Å². The number of aliphatic carboxylic acids is 1. The Morgan fingerprint density at radius 1 is 1.15 bits per heavy atom. The summed E-state index contributed by atoms with van der Waals surface area (Å²) in [4.78, 5) is 10.8. The number of phenolic OH excluding ortho intramolecular Hbond substituents is 1. The van der Waals surface area contributed by atoms with Crippen LogP contribution >= 0.6 is 23.2 Å². The van der Waals surface area contributed by atoms with E-state index in [-0.39, 0.29) is 12.2 Å². The van der Waals surface area contributed by atoms with Crippen molar-refractivity contribution < 1.29 is 15.0 Å². The lowest BCUT2D eigenvalue weighted by Gasteiger charge is -2.14. The maximum atomic E-state index is 10.8. The predicted molar refractivity (Wildman–Crippen MR) is 79.2 cm³/mol. The van der Waals surface area contributed by atoms with Crippen molar-refractivity contribution in [3.8, 4) is 5.75 Å². The van der Waals surface area contributed by atoms with Crippen molar-refractivity contribution >= 4 is 40.5 Å². The van der Waals surface area contributed by atoms with Gasteiger partial charge in [-0.3, -0.25) is 4.79 Å². The summed E-state index contributed by atoms with van der Waals surface area (Å²) in [5.74, 6) is -0.950. The molecule has 2 aromatic rings. The topological polar surface area (TPSA) is 69.6 Å². The number of phenols is 1. The van der Waals surface area contributed by atoms with E-state index in [0.717, 1.165) is 0 Å². The largest absolute Gasteiger partial charge is 0.508 e. The number of hydrogen-bond acceptors (Lipinski definition) is 3. The smallest absolute Gasteiger partial charge is 0.307 e. The molecular formula is C14H11Cl2NO3. The van der Waals surface area contributed by atoms with Gasteiger partial charge in [-0.15, -0.1) is 0 Å². The highest BCUT2D eigenvalue weighted by Gasteiger charge is 2.11. The summed E-state index contributed by atoms with van der Waals surface area (Å²) in [7, 11) is 0. The Bertz CT molecular complexity index is 639. The molecule has 0 aromatic heterocycles. The van der Waals surface area contributed by atoms with Gasteiger partial charge < -0.3 is 15.5 Å². The third-order valence-electron chi connectivity index (χ3n) is 2.66. The van der Waals surface area contributed by atoms with Gasteiger partial charge in [-0.25, -0.2) is 0 Å². The number of para-hydroxylation sites is 1. The Morgan fingerprint density at radius 3 is 2.40 bits per heavy atom. The summed E-state index contributed by atoms with van der Waals surface area (Å²) < 4.78 is 0. The van der Waals surface area contributed by atoms with Crippen LogP contribution in [0.5, 0.6) is 5.75 Å². The first-order valence-corrected chi connectivity index (χ1v) is 6.47. The average Bonchev–Trinajstić information content (AvgIpc) is 2.36. The van der Waals surface area contributed by atoms with Crippen LogP contribution in [0.15, 0.2) is 36.4 Å². The van der Waals surface area contributed by atoms with Gasteiger partial charge in [0.2, 0.25) is 0 Å². The van der Waals surface area contributed by atoms with Crippen molar-refractivity contribution in [3.05, 3.63) is 52.0 Å². The molecule has 104 valence electrons. The van der Waals surface area contributed by atoms with E-state index >= 15 is 0 Å². The maximum Gasteiger partial charge on any atom is 0.307 e. The fourth-order valence-corrected chi connectivity index (χ4v) is 2.24. The zero-order valence-corrected chi connectivity index (χ0v) is 11.7. The van der Waals surface area contributed by atoms with Gasteiger partial charge in [-0.2, -0.15) is 0 Å². The van der Waals surface area contributed by atoms with Crippen LogP contribution in [0.2, 0.25) is 10.0 Å². The quantitative estimate of drug-likeness (QED) is 0.796. The molecule has 20 heavy (non-hydrogen) atoms. The number of benzene rings is 2. The minimum atomic E-state index is -0.969. The summed E-state index contributed by atoms with van der Waals surface area (Å²) in [6.45, 7) is 0. The highest BCUT2D eigenvalue weighted by atomic mass is 35.5. The molecule has 2 rings (SSSR count). The predicted octanol–water partition coefficient (Wildman–Crippen LogP) is 4.07. The molecule has 0 fully saturated rings. The van der Waals surface area contributed by atoms with E-state index in [0.29, 0.717) is 27.0 Å². The molecule has 0 aliphatic heterocycles. The molecule has 0 saturated carbocycles. The average molecular weight is 312 g/mol. The molecule has 0 aliphatic carbocycles. The van der Waals surface area contributed by atoms with Crippen molar-refractivity contribution in [1.82, 2.24) is 0 Å². The van der Waals surface area contributed by atoms with Crippen LogP contribution < -0.4 is 5.32 Å². The van der Waals surface area contributed by atoms with Crippen molar-refractivity contribution in [2.45, 2.75) is 6.42 Å². The highest BCUT2D eigenvalue weighted by molar-refractivity contribution is 6.39. The van der Waals surface area contributed by atoms with Crippen LogP contribution in [0.3, 0.4) is 0 Å². The molecule has 0 unspecified atom stereocenters. The number of carboxylic acids is 1. The van der Waals surface area contributed by atoms with Crippen LogP contribution in [-0.2, 0) is 11.2 Å². The first-order valence-electron chi connectivity index (χ1n) is 5.72. The molecule has 0 aliphatic rings. The Labute approximate surface area is 125 Å². The van der Waals surface area contributed by atoms with Crippen LogP contribution in [0.4, 0.5) is 11.4 Å². The van der Waals surface area contributed by atoms with E-state index in [1.54, 1.807) is 18.2 Å².